The van der Waals surface area contributed by atoms with Gasteiger partial charge in [0.2, 0.25) is 0 Å². The minimum atomic E-state index is -0.906. The van der Waals surface area contributed by atoms with Crippen LogP contribution >= 0.6 is 0 Å². The van der Waals surface area contributed by atoms with E-state index < -0.39 is 17.5 Å². The minimum Gasteiger partial charge on any atom is -0.482 e. The second-order valence-electron chi connectivity index (χ2n) is 6.46. The van der Waals surface area contributed by atoms with E-state index in [2.05, 4.69) is 10.6 Å². The van der Waals surface area contributed by atoms with Crippen molar-refractivity contribution in [2.45, 2.75) is 25.3 Å². The predicted octanol–water partition coefficient (Wildman–Crippen LogP) is 2.20. The zero-order valence-electron chi connectivity index (χ0n) is 14.9. The quantitative estimate of drug-likeness (QED) is 0.444. The van der Waals surface area contributed by atoms with Crippen molar-refractivity contribution in [2.75, 3.05) is 6.61 Å². The van der Waals surface area contributed by atoms with Gasteiger partial charge in [-0.3, -0.25) is 10.1 Å². The first-order valence-corrected chi connectivity index (χ1v) is 8.56. The number of amides is 3. The summed E-state index contributed by atoms with van der Waals surface area (Å²) in [6.45, 7) is 1.51. The second-order valence-corrected chi connectivity index (χ2v) is 6.46. The molecule has 1 aliphatic heterocycles. The number of para-hydroxylation sites is 1. The maximum atomic E-state index is 11.8. The molecule has 2 N–H and O–H groups in total. The summed E-state index contributed by atoms with van der Waals surface area (Å²) in [6, 6.07) is 15.6. The molecule has 1 atom stereocenters. The summed E-state index contributed by atoms with van der Waals surface area (Å²) in [4.78, 5) is 34.9. The van der Waals surface area contributed by atoms with Gasteiger partial charge < -0.3 is 14.8 Å². The van der Waals surface area contributed by atoms with Gasteiger partial charge in [0.05, 0.1) is 0 Å². The molecule has 3 amide bonds. The first-order chi connectivity index (χ1) is 12.9. The van der Waals surface area contributed by atoms with Crippen LogP contribution in [0.2, 0.25) is 0 Å². The van der Waals surface area contributed by atoms with Crippen LogP contribution in [0.4, 0.5) is 4.79 Å². The number of esters is 1. The molecular weight excluding hydrogens is 348 g/mol. The van der Waals surface area contributed by atoms with Crippen LogP contribution in [0, 0.1) is 0 Å². The molecule has 7 heteroatoms. The molecule has 0 unspecified atom stereocenters. The number of carbonyl (C=O) groups is 3. The van der Waals surface area contributed by atoms with Gasteiger partial charge in [0, 0.05) is 0 Å². The minimum absolute atomic E-state index is 0.182. The van der Waals surface area contributed by atoms with Crippen LogP contribution in [0.1, 0.15) is 18.9 Å². The van der Waals surface area contributed by atoms with E-state index in [0.717, 1.165) is 5.56 Å². The molecule has 0 aromatic heterocycles. The number of nitrogens with one attached hydrogen (secondary N) is 2. The van der Waals surface area contributed by atoms with E-state index in [1.807, 2.05) is 30.3 Å². The highest BCUT2D eigenvalue weighted by atomic mass is 16.6. The van der Waals surface area contributed by atoms with Gasteiger partial charge in [-0.05, 0) is 49.6 Å². The van der Waals surface area contributed by atoms with Crippen LogP contribution < -0.4 is 20.1 Å². The Morgan fingerprint density at radius 1 is 1.00 bits per heavy atom. The lowest BCUT2D eigenvalue weighted by Crippen LogP contribution is -2.43. The third-order valence-electron chi connectivity index (χ3n) is 4.29. The smallest absolute Gasteiger partial charge is 0.349 e. The molecule has 140 valence electrons. The molecule has 0 aliphatic carbocycles. The molecule has 1 fully saturated rings. The highest BCUT2D eigenvalue weighted by molar-refractivity contribution is 6.06. The number of hydrogen-bond acceptors (Lipinski definition) is 5. The number of carbonyl (C=O) groups excluding carboxylic acids is 3. The van der Waals surface area contributed by atoms with E-state index >= 15 is 0 Å². The fourth-order valence-corrected chi connectivity index (χ4v) is 2.69. The number of ether oxygens (including phenoxy) is 2. The molecule has 1 heterocycles. The molecule has 7 nitrogen and oxygen atoms in total. The zero-order valence-corrected chi connectivity index (χ0v) is 14.9. The number of aryl methyl sites for hydroxylation is 1. The molecular formula is C20H20N2O5. The van der Waals surface area contributed by atoms with Gasteiger partial charge in [-0.15, -0.1) is 0 Å². The van der Waals surface area contributed by atoms with Crippen LogP contribution in [0.5, 0.6) is 11.5 Å². The van der Waals surface area contributed by atoms with Gasteiger partial charge in [-0.25, -0.2) is 9.59 Å². The van der Waals surface area contributed by atoms with Crippen LogP contribution in [-0.2, 0) is 16.0 Å². The number of hydrogen-bond donors (Lipinski definition) is 2. The van der Waals surface area contributed by atoms with Crippen molar-refractivity contribution >= 4 is 17.9 Å². The van der Waals surface area contributed by atoms with Crippen molar-refractivity contribution in [3.63, 3.8) is 0 Å². The molecule has 1 aliphatic rings. The number of rotatable bonds is 7. The van der Waals surface area contributed by atoms with Gasteiger partial charge in [0.15, 0.2) is 6.61 Å². The third-order valence-corrected chi connectivity index (χ3v) is 4.29. The molecule has 0 spiro atoms. The molecule has 1 saturated heterocycles. The van der Waals surface area contributed by atoms with E-state index in [4.69, 9.17) is 9.47 Å². The van der Waals surface area contributed by atoms with Gasteiger partial charge in [-0.1, -0.05) is 30.3 Å². The molecule has 0 radical (unpaired) electrons. The maximum Gasteiger partial charge on any atom is 0.349 e. The van der Waals surface area contributed by atoms with Crippen molar-refractivity contribution in [1.82, 2.24) is 10.6 Å². The average Bonchev–Trinajstić information content (AvgIpc) is 2.92. The number of benzene rings is 2. The normalized spacial score (nSPS) is 18.6. The van der Waals surface area contributed by atoms with Crippen molar-refractivity contribution in [2.24, 2.45) is 0 Å². The molecule has 3 rings (SSSR count). The first kappa shape index (κ1) is 18.4. The topological polar surface area (TPSA) is 93.7 Å². The van der Waals surface area contributed by atoms with Crippen molar-refractivity contribution in [3.8, 4) is 11.5 Å². The Bertz CT molecular complexity index is 835. The summed E-state index contributed by atoms with van der Waals surface area (Å²) in [5.74, 6) is 0.195. The Kier molecular flexibility index (Phi) is 5.40. The fraction of sp³-hybridized carbons (Fsp3) is 0.250. The molecule has 0 saturated carbocycles. The van der Waals surface area contributed by atoms with E-state index in [1.54, 1.807) is 31.2 Å². The molecule has 0 bridgehead atoms. The first-order valence-electron chi connectivity index (χ1n) is 8.56. The van der Waals surface area contributed by atoms with Crippen molar-refractivity contribution < 1.29 is 23.9 Å². The average molecular weight is 368 g/mol. The van der Waals surface area contributed by atoms with Gasteiger partial charge >= 0.3 is 12.0 Å². The molecule has 2 aromatic carbocycles. The summed E-state index contributed by atoms with van der Waals surface area (Å²) >= 11 is 0. The lowest BCUT2D eigenvalue weighted by molar-refractivity contribution is -0.136. The van der Waals surface area contributed by atoms with Crippen molar-refractivity contribution in [3.05, 3.63) is 60.2 Å². The summed E-state index contributed by atoms with van der Waals surface area (Å²) in [5, 5.41) is 4.87. The lowest BCUT2D eigenvalue weighted by Gasteiger charge is -2.20. The number of urea groups is 1. The SMILES string of the molecule is C[C@@]1(CCc2ccc(OC(=O)COc3ccccc3)cc2)NC(=O)NC1=O. The Balaban J connectivity index is 1.48. The highest BCUT2D eigenvalue weighted by Gasteiger charge is 2.41. The Labute approximate surface area is 156 Å². The van der Waals surface area contributed by atoms with Crippen LogP contribution in [0.3, 0.4) is 0 Å². The van der Waals surface area contributed by atoms with Crippen molar-refractivity contribution in [1.29, 1.82) is 0 Å². The zero-order chi connectivity index (χ0) is 19.3. The monoisotopic (exact) mass is 368 g/mol. The summed E-state index contributed by atoms with van der Waals surface area (Å²) in [7, 11) is 0. The summed E-state index contributed by atoms with van der Waals surface area (Å²) in [5.41, 5.74) is 0.0577. The summed E-state index contributed by atoms with van der Waals surface area (Å²) in [6.07, 6.45) is 1.06. The van der Waals surface area contributed by atoms with Gasteiger partial charge in [0.1, 0.15) is 17.0 Å². The lowest BCUT2D eigenvalue weighted by atomic mass is 9.93. The van der Waals surface area contributed by atoms with E-state index in [9.17, 15) is 14.4 Å². The maximum absolute atomic E-state index is 11.8. The summed E-state index contributed by atoms with van der Waals surface area (Å²) < 4.78 is 10.6. The van der Waals surface area contributed by atoms with Crippen LogP contribution in [0.25, 0.3) is 0 Å². The fourth-order valence-electron chi connectivity index (χ4n) is 2.69. The number of imide groups is 1. The Morgan fingerprint density at radius 2 is 1.70 bits per heavy atom. The Morgan fingerprint density at radius 3 is 2.33 bits per heavy atom. The van der Waals surface area contributed by atoms with Crippen LogP contribution in [0.15, 0.2) is 54.6 Å². The second kappa shape index (κ2) is 7.90. The van der Waals surface area contributed by atoms with E-state index in [0.29, 0.717) is 24.3 Å². The van der Waals surface area contributed by atoms with Gasteiger partial charge in [0.25, 0.3) is 5.91 Å². The molecule has 2 aromatic rings. The van der Waals surface area contributed by atoms with Gasteiger partial charge in [-0.2, -0.15) is 0 Å². The van der Waals surface area contributed by atoms with E-state index in [-0.39, 0.29) is 12.5 Å². The highest BCUT2D eigenvalue weighted by Crippen LogP contribution is 2.20. The van der Waals surface area contributed by atoms with E-state index in [1.165, 1.54) is 0 Å². The third kappa shape index (κ3) is 4.84. The predicted molar refractivity (Wildman–Crippen MR) is 97.4 cm³/mol. The Hall–Kier alpha value is -3.35. The largest absolute Gasteiger partial charge is 0.482 e. The molecule has 27 heavy (non-hydrogen) atoms. The van der Waals surface area contributed by atoms with Crippen LogP contribution in [-0.4, -0.2) is 30.1 Å². The standard InChI is InChI=1S/C20H20N2O5/c1-20(18(24)21-19(25)22-20)12-11-14-7-9-16(10-8-14)27-17(23)13-26-15-5-3-2-4-6-15/h2-10H,11-13H2,1H3,(H2,21,22,24,25)/t20-/m0/s1.